The number of hydrogen-bond acceptors (Lipinski definition) is 4. The summed E-state index contributed by atoms with van der Waals surface area (Å²) in [6.45, 7) is 1.84. The molecule has 1 atom stereocenters. The molecule has 3 rings (SSSR count). The zero-order valence-corrected chi connectivity index (χ0v) is 14.3. The third kappa shape index (κ3) is 3.51. The van der Waals surface area contributed by atoms with E-state index in [0.717, 1.165) is 5.69 Å². The SMILES string of the molecule is CC(Sc1nc2cc(Cl)ccc2o1)C(=O)N(C)c1ccccc1. The number of benzene rings is 2. The van der Waals surface area contributed by atoms with Gasteiger partial charge in [-0.05, 0) is 37.3 Å². The average Bonchev–Trinajstić information content (AvgIpc) is 2.95. The molecule has 3 aromatic rings. The van der Waals surface area contributed by atoms with E-state index in [1.165, 1.54) is 11.8 Å². The Kier molecular flexibility index (Phi) is 4.59. The first-order valence-electron chi connectivity index (χ1n) is 7.10. The van der Waals surface area contributed by atoms with Gasteiger partial charge in [0.1, 0.15) is 5.52 Å². The summed E-state index contributed by atoms with van der Waals surface area (Å²) in [4.78, 5) is 18.5. The zero-order chi connectivity index (χ0) is 16.4. The lowest BCUT2D eigenvalue weighted by Gasteiger charge is -2.20. The summed E-state index contributed by atoms with van der Waals surface area (Å²) in [6.07, 6.45) is 0. The van der Waals surface area contributed by atoms with Crippen LogP contribution in [0.4, 0.5) is 5.69 Å². The Balaban J connectivity index is 1.74. The second-order valence-electron chi connectivity index (χ2n) is 5.08. The van der Waals surface area contributed by atoms with E-state index in [1.807, 2.05) is 37.3 Å². The van der Waals surface area contributed by atoms with Crippen LogP contribution < -0.4 is 4.90 Å². The number of amides is 1. The van der Waals surface area contributed by atoms with Gasteiger partial charge in [-0.15, -0.1) is 0 Å². The molecule has 0 N–H and O–H groups in total. The Hall–Kier alpha value is -1.98. The van der Waals surface area contributed by atoms with Gasteiger partial charge in [0.05, 0.1) is 5.25 Å². The van der Waals surface area contributed by atoms with Crippen LogP contribution >= 0.6 is 23.4 Å². The van der Waals surface area contributed by atoms with E-state index in [2.05, 4.69) is 4.98 Å². The van der Waals surface area contributed by atoms with Gasteiger partial charge in [0.2, 0.25) is 5.91 Å². The van der Waals surface area contributed by atoms with Gasteiger partial charge in [-0.2, -0.15) is 0 Å². The van der Waals surface area contributed by atoms with Gasteiger partial charge in [0.25, 0.3) is 5.22 Å². The Bertz CT molecular complexity index is 835. The summed E-state index contributed by atoms with van der Waals surface area (Å²) in [6, 6.07) is 14.8. The topological polar surface area (TPSA) is 46.3 Å². The first-order valence-corrected chi connectivity index (χ1v) is 8.36. The molecular weight excluding hydrogens is 332 g/mol. The molecule has 6 heteroatoms. The van der Waals surface area contributed by atoms with Crippen molar-refractivity contribution in [2.45, 2.75) is 17.4 Å². The van der Waals surface area contributed by atoms with Gasteiger partial charge >= 0.3 is 0 Å². The lowest BCUT2D eigenvalue weighted by Crippen LogP contribution is -2.33. The molecule has 23 heavy (non-hydrogen) atoms. The number of para-hydroxylation sites is 1. The number of oxazole rings is 1. The number of anilines is 1. The molecule has 2 aromatic carbocycles. The van der Waals surface area contributed by atoms with Crippen LogP contribution in [0.25, 0.3) is 11.1 Å². The van der Waals surface area contributed by atoms with Crippen LogP contribution in [0.5, 0.6) is 0 Å². The number of aromatic nitrogens is 1. The number of halogens is 1. The maximum Gasteiger partial charge on any atom is 0.257 e. The normalized spacial score (nSPS) is 12.3. The molecule has 0 aliphatic rings. The van der Waals surface area contributed by atoms with Crippen molar-refractivity contribution in [1.82, 2.24) is 4.98 Å². The molecule has 0 saturated carbocycles. The monoisotopic (exact) mass is 346 g/mol. The Labute approximate surface area is 143 Å². The van der Waals surface area contributed by atoms with E-state index < -0.39 is 0 Å². The fraction of sp³-hybridized carbons (Fsp3) is 0.176. The van der Waals surface area contributed by atoms with Crippen LogP contribution in [-0.2, 0) is 4.79 Å². The predicted molar refractivity (Wildman–Crippen MR) is 94.2 cm³/mol. The molecule has 118 valence electrons. The lowest BCUT2D eigenvalue weighted by atomic mass is 10.3. The van der Waals surface area contributed by atoms with Crippen molar-refractivity contribution >= 4 is 46.1 Å². The smallest absolute Gasteiger partial charge is 0.257 e. The number of hydrogen-bond donors (Lipinski definition) is 0. The summed E-state index contributed by atoms with van der Waals surface area (Å²) in [5.41, 5.74) is 2.21. The molecule has 0 bridgehead atoms. The maximum atomic E-state index is 12.5. The number of thioether (sulfide) groups is 1. The highest BCUT2D eigenvalue weighted by Gasteiger charge is 2.22. The van der Waals surface area contributed by atoms with Crippen LogP contribution in [0.3, 0.4) is 0 Å². The fourth-order valence-electron chi connectivity index (χ4n) is 2.18. The molecule has 1 heterocycles. The van der Waals surface area contributed by atoms with Gasteiger partial charge in [-0.25, -0.2) is 4.98 Å². The van der Waals surface area contributed by atoms with E-state index >= 15 is 0 Å². The van der Waals surface area contributed by atoms with Crippen molar-refractivity contribution in [3.8, 4) is 0 Å². The van der Waals surface area contributed by atoms with Crippen molar-refractivity contribution in [1.29, 1.82) is 0 Å². The van der Waals surface area contributed by atoms with E-state index in [4.69, 9.17) is 16.0 Å². The van der Waals surface area contributed by atoms with Crippen molar-refractivity contribution < 1.29 is 9.21 Å². The molecule has 0 aliphatic carbocycles. The molecule has 0 fully saturated rings. The van der Waals surface area contributed by atoms with Crippen LogP contribution in [-0.4, -0.2) is 23.2 Å². The van der Waals surface area contributed by atoms with E-state index in [9.17, 15) is 4.79 Å². The second-order valence-corrected chi connectivity index (χ2v) is 6.81. The minimum Gasteiger partial charge on any atom is -0.431 e. The zero-order valence-electron chi connectivity index (χ0n) is 12.7. The highest BCUT2D eigenvalue weighted by molar-refractivity contribution is 8.00. The van der Waals surface area contributed by atoms with Crippen LogP contribution in [0.15, 0.2) is 58.2 Å². The van der Waals surface area contributed by atoms with Crippen LogP contribution in [0.2, 0.25) is 5.02 Å². The second kappa shape index (κ2) is 6.64. The minimum absolute atomic E-state index is 0.0125. The summed E-state index contributed by atoms with van der Waals surface area (Å²) in [5, 5.41) is 0.753. The maximum absolute atomic E-state index is 12.5. The van der Waals surface area contributed by atoms with E-state index in [0.29, 0.717) is 21.3 Å². The fourth-order valence-corrected chi connectivity index (χ4v) is 3.20. The van der Waals surface area contributed by atoms with Crippen molar-refractivity contribution in [3.05, 3.63) is 53.6 Å². The summed E-state index contributed by atoms with van der Waals surface area (Å²) >= 11 is 7.24. The molecule has 0 aliphatic heterocycles. The number of rotatable bonds is 4. The van der Waals surface area contributed by atoms with Gasteiger partial charge < -0.3 is 9.32 Å². The predicted octanol–water partition coefficient (Wildman–Crippen LogP) is 4.62. The molecule has 0 radical (unpaired) electrons. The average molecular weight is 347 g/mol. The number of carbonyl (C=O) groups is 1. The van der Waals surface area contributed by atoms with Crippen molar-refractivity contribution in [3.63, 3.8) is 0 Å². The highest BCUT2D eigenvalue weighted by atomic mass is 35.5. The van der Waals surface area contributed by atoms with E-state index in [-0.39, 0.29) is 11.2 Å². The summed E-state index contributed by atoms with van der Waals surface area (Å²) in [7, 11) is 1.76. The number of carbonyl (C=O) groups excluding carboxylic acids is 1. The molecule has 1 unspecified atom stereocenters. The molecule has 0 saturated heterocycles. The van der Waals surface area contributed by atoms with Gasteiger partial charge in [-0.1, -0.05) is 41.6 Å². The minimum atomic E-state index is -0.316. The first kappa shape index (κ1) is 15.9. The third-order valence-electron chi connectivity index (χ3n) is 3.43. The number of fused-ring (bicyclic) bond motifs is 1. The summed E-state index contributed by atoms with van der Waals surface area (Å²) in [5.74, 6) is -0.0125. The van der Waals surface area contributed by atoms with Crippen molar-refractivity contribution in [2.24, 2.45) is 0 Å². The lowest BCUT2D eigenvalue weighted by molar-refractivity contribution is -0.117. The van der Waals surface area contributed by atoms with Gasteiger partial charge in [-0.3, -0.25) is 4.79 Å². The summed E-state index contributed by atoms with van der Waals surface area (Å²) < 4.78 is 5.65. The number of nitrogens with zero attached hydrogens (tertiary/aromatic N) is 2. The quantitative estimate of drug-likeness (QED) is 0.646. The molecule has 4 nitrogen and oxygen atoms in total. The molecule has 0 spiro atoms. The standard InChI is InChI=1S/C17H15ClN2O2S/c1-11(16(21)20(2)13-6-4-3-5-7-13)23-17-19-14-10-12(18)8-9-15(14)22-17/h3-11H,1-2H3. The van der Waals surface area contributed by atoms with Crippen molar-refractivity contribution in [2.75, 3.05) is 11.9 Å². The van der Waals surface area contributed by atoms with E-state index in [1.54, 1.807) is 30.1 Å². The largest absolute Gasteiger partial charge is 0.431 e. The highest BCUT2D eigenvalue weighted by Crippen LogP contribution is 2.29. The Morgan fingerprint density at radius 1 is 1.26 bits per heavy atom. The molecule has 1 aromatic heterocycles. The first-order chi connectivity index (χ1) is 11.0. The van der Waals surface area contributed by atoms with Crippen LogP contribution in [0, 0.1) is 0 Å². The van der Waals surface area contributed by atoms with Crippen LogP contribution in [0.1, 0.15) is 6.92 Å². The van der Waals surface area contributed by atoms with Gasteiger partial charge in [0.15, 0.2) is 5.58 Å². The van der Waals surface area contributed by atoms with Gasteiger partial charge in [0, 0.05) is 17.8 Å². The Morgan fingerprint density at radius 2 is 2.00 bits per heavy atom. The molecule has 1 amide bonds. The Morgan fingerprint density at radius 3 is 2.74 bits per heavy atom. The molecular formula is C17H15ClN2O2S. The third-order valence-corrected chi connectivity index (χ3v) is 4.60.